The molecule has 0 fully saturated rings. The standard InChI is InChI=1S/C13H19N5O2/c1-17(6-8-19)12-13(18(2)7-9-20)16-11-10(15-12)4-3-5-14-11/h3-5,19-20H,6-9H2,1-2H3. The smallest absolute Gasteiger partial charge is 0.180 e. The molecule has 0 atom stereocenters. The number of hydrogen-bond acceptors (Lipinski definition) is 7. The van der Waals surface area contributed by atoms with Gasteiger partial charge in [-0.05, 0) is 12.1 Å². The maximum Gasteiger partial charge on any atom is 0.180 e. The third-order valence-corrected chi connectivity index (χ3v) is 3.00. The van der Waals surface area contributed by atoms with E-state index < -0.39 is 0 Å². The van der Waals surface area contributed by atoms with Gasteiger partial charge < -0.3 is 20.0 Å². The average molecular weight is 277 g/mol. The van der Waals surface area contributed by atoms with Crippen LogP contribution in [-0.4, -0.2) is 65.6 Å². The third kappa shape index (κ3) is 2.94. The van der Waals surface area contributed by atoms with E-state index in [0.29, 0.717) is 35.9 Å². The van der Waals surface area contributed by atoms with Crippen molar-refractivity contribution in [1.29, 1.82) is 0 Å². The second-order valence-corrected chi connectivity index (χ2v) is 4.51. The van der Waals surface area contributed by atoms with Crippen LogP contribution in [0.4, 0.5) is 11.6 Å². The van der Waals surface area contributed by atoms with E-state index in [-0.39, 0.29) is 13.2 Å². The first-order valence-corrected chi connectivity index (χ1v) is 6.44. The number of likely N-dealkylation sites (N-methyl/N-ethyl adjacent to an activating group) is 2. The molecule has 2 aromatic heterocycles. The highest BCUT2D eigenvalue weighted by Gasteiger charge is 2.16. The van der Waals surface area contributed by atoms with Crippen LogP contribution in [0.2, 0.25) is 0 Å². The zero-order chi connectivity index (χ0) is 14.5. The molecule has 0 unspecified atom stereocenters. The van der Waals surface area contributed by atoms with Crippen LogP contribution in [0.15, 0.2) is 18.3 Å². The molecule has 2 rings (SSSR count). The topological polar surface area (TPSA) is 85.6 Å². The summed E-state index contributed by atoms with van der Waals surface area (Å²) >= 11 is 0. The Balaban J connectivity index is 2.52. The van der Waals surface area contributed by atoms with Crippen molar-refractivity contribution in [1.82, 2.24) is 15.0 Å². The Hall–Kier alpha value is -1.99. The molecular formula is C13H19N5O2. The molecule has 108 valence electrons. The Bertz CT molecular complexity index is 527. The normalized spacial score (nSPS) is 10.8. The van der Waals surface area contributed by atoms with E-state index in [1.54, 1.807) is 6.20 Å². The van der Waals surface area contributed by atoms with Crippen LogP contribution in [0.3, 0.4) is 0 Å². The number of anilines is 2. The highest BCUT2D eigenvalue weighted by molar-refractivity contribution is 5.77. The Morgan fingerprint density at radius 3 is 2.20 bits per heavy atom. The van der Waals surface area contributed by atoms with Crippen LogP contribution in [-0.2, 0) is 0 Å². The number of nitrogens with zero attached hydrogens (tertiary/aromatic N) is 5. The summed E-state index contributed by atoms with van der Waals surface area (Å²) in [6.07, 6.45) is 1.67. The first-order chi connectivity index (χ1) is 9.67. The van der Waals surface area contributed by atoms with E-state index in [4.69, 9.17) is 10.2 Å². The largest absolute Gasteiger partial charge is 0.395 e. The van der Waals surface area contributed by atoms with Gasteiger partial charge in [-0.25, -0.2) is 15.0 Å². The van der Waals surface area contributed by atoms with Crippen molar-refractivity contribution < 1.29 is 10.2 Å². The number of aliphatic hydroxyl groups excluding tert-OH is 2. The molecule has 2 heterocycles. The second-order valence-electron chi connectivity index (χ2n) is 4.51. The first-order valence-electron chi connectivity index (χ1n) is 6.44. The molecule has 0 aliphatic rings. The van der Waals surface area contributed by atoms with Crippen LogP contribution in [0, 0.1) is 0 Å². The Morgan fingerprint density at radius 2 is 1.60 bits per heavy atom. The third-order valence-electron chi connectivity index (χ3n) is 3.00. The molecule has 0 saturated carbocycles. The van der Waals surface area contributed by atoms with Gasteiger partial charge in [0.1, 0.15) is 5.52 Å². The van der Waals surface area contributed by atoms with Crippen molar-refractivity contribution in [2.24, 2.45) is 0 Å². The highest BCUT2D eigenvalue weighted by atomic mass is 16.3. The molecule has 0 spiro atoms. The van der Waals surface area contributed by atoms with Crippen LogP contribution in [0.1, 0.15) is 0 Å². The molecule has 2 N–H and O–H groups in total. The van der Waals surface area contributed by atoms with Gasteiger partial charge in [-0.1, -0.05) is 0 Å². The fourth-order valence-corrected chi connectivity index (χ4v) is 1.90. The monoisotopic (exact) mass is 277 g/mol. The molecule has 0 saturated heterocycles. The molecule has 0 aliphatic heterocycles. The number of hydrogen-bond donors (Lipinski definition) is 2. The lowest BCUT2D eigenvalue weighted by Crippen LogP contribution is -2.29. The van der Waals surface area contributed by atoms with Crippen LogP contribution in [0.25, 0.3) is 11.2 Å². The van der Waals surface area contributed by atoms with E-state index >= 15 is 0 Å². The molecule has 0 aromatic carbocycles. The van der Waals surface area contributed by atoms with Gasteiger partial charge in [0, 0.05) is 33.4 Å². The lowest BCUT2D eigenvalue weighted by Gasteiger charge is -2.25. The average Bonchev–Trinajstić information content (AvgIpc) is 2.46. The van der Waals surface area contributed by atoms with E-state index in [1.165, 1.54) is 0 Å². The van der Waals surface area contributed by atoms with Gasteiger partial charge in [-0.2, -0.15) is 0 Å². The van der Waals surface area contributed by atoms with Gasteiger partial charge in [0.05, 0.1) is 13.2 Å². The minimum Gasteiger partial charge on any atom is -0.395 e. The number of aliphatic hydroxyl groups is 2. The summed E-state index contributed by atoms with van der Waals surface area (Å²) < 4.78 is 0. The predicted molar refractivity (Wildman–Crippen MR) is 78.0 cm³/mol. The Labute approximate surface area is 117 Å². The molecule has 2 aromatic rings. The van der Waals surface area contributed by atoms with Crippen molar-refractivity contribution in [3.05, 3.63) is 18.3 Å². The maximum absolute atomic E-state index is 9.09. The number of fused-ring (bicyclic) bond motifs is 1. The van der Waals surface area contributed by atoms with Gasteiger partial charge in [0.25, 0.3) is 0 Å². The fraction of sp³-hybridized carbons (Fsp3) is 0.462. The van der Waals surface area contributed by atoms with Crippen molar-refractivity contribution >= 4 is 22.8 Å². The first kappa shape index (κ1) is 14.4. The van der Waals surface area contributed by atoms with E-state index in [2.05, 4.69) is 15.0 Å². The molecule has 0 aliphatic carbocycles. The molecule has 20 heavy (non-hydrogen) atoms. The van der Waals surface area contributed by atoms with Gasteiger partial charge in [0.2, 0.25) is 0 Å². The van der Waals surface area contributed by atoms with Crippen molar-refractivity contribution in [3.63, 3.8) is 0 Å². The quantitative estimate of drug-likeness (QED) is 0.761. The minimum atomic E-state index is 0.0294. The predicted octanol–water partition coefficient (Wildman–Crippen LogP) is -0.118. The molecule has 7 nitrogen and oxygen atoms in total. The maximum atomic E-state index is 9.09. The fourth-order valence-electron chi connectivity index (χ4n) is 1.90. The Kier molecular flexibility index (Phi) is 4.65. The van der Waals surface area contributed by atoms with E-state index in [1.807, 2.05) is 36.0 Å². The molecule has 0 amide bonds. The lowest BCUT2D eigenvalue weighted by molar-refractivity contribution is 0.302. The zero-order valence-corrected chi connectivity index (χ0v) is 11.7. The Morgan fingerprint density at radius 1 is 1.00 bits per heavy atom. The van der Waals surface area contributed by atoms with Gasteiger partial charge in [-0.3, -0.25) is 0 Å². The minimum absolute atomic E-state index is 0.0294. The molecule has 7 heteroatoms. The summed E-state index contributed by atoms with van der Waals surface area (Å²) in [4.78, 5) is 16.9. The molecule has 0 bridgehead atoms. The summed E-state index contributed by atoms with van der Waals surface area (Å²) in [5.41, 5.74) is 1.27. The summed E-state index contributed by atoms with van der Waals surface area (Å²) in [6, 6.07) is 3.66. The van der Waals surface area contributed by atoms with Gasteiger partial charge in [0.15, 0.2) is 17.3 Å². The van der Waals surface area contributed by atoms with Crippen LogP contribution in [0.5, 0.6) is 0 Å². The van der Waals surface area contributed by atoms with Crippen molar-refractivity contribution in [2.45, 2.75) is 0 Å². The molecule has 0 radical (unpaired) electrons. The second kappa shape index (κ2) is 6.44. The molecular weight excluding hydrogens is 258 g/mol. The van der Waals surface area contributed by atoms with Crippen LogP contribution >= 0.6 is 0 Å². The van der Waals surface area contributed by atoms with Crippen molar-refractivity contribution in [3.8, 4) is 0 Å². The summed E-state index contributed by atoms with van der Waals surface area (Å²) in [5, 5.41) is 18.2. The zero-order valence-electron chi connectivity index (χ0n) is 11.7. The summed E-state index contributed by atoms with van der Waals surface area (Å²) in [7, 11) is 3.68. The highest BCUT2D eigenvalue weighted by Crippen LogP contribution is 2.25. The SMILES string of the molecule is CN(CCO)c1nc2cccnc2nc1N(C)CCO. The number of pyridine rings is 1. The van der Waals surface area contributed by atoms with Gasteiger partial charge >= 0.3 is 0 Å². The number of aromatic nitrogens is 3. The van der Waals surface area contributed by atoms with Gasteiger partial charge in [-0.15, -0.1) is 0 Å². The lowest BCUT2D eigenvalue weighted by atomic mass is 10.3. The summed E-state index contributed by atoms with van der Waals surface area (Å²) in [6.45, 7) is 0.974. The van der Waals surface area contributed by atoms with E-state index in [9.17, 15) is 0 Å². The summed E-state index contributed by atoms with van der Waals surface area (Å²) in [5.74, 6) is 1.30. The number of rotatable bonds is 6. The van der Waals surface area contributed by atoms with Crippen LogP contribution < -0.4 is 9.80 Å². The van der Waals surface area contributed by atoms with Crippen molar-refractivity contribution in [2.75, 3.05) is 50.2 Å². The van der Waals surface area contributed by atoms with E-state index in [0.717, 1.165) is 0 Å².